The summed E-state index contributed by atoms with van der Waals surface area (Å²) in [6.07, 6.45) is 1.46. The van der Waals surface area contributed by atoms with Crippen LogP contribution in [0.1, 0.15) is 27.9 Å². The van der Waals surface area contributed by atoms with Crippen LogP contribution >= 0.6 is 0 Å². The molecule has 3 aromatic rings. The standard InChI is InChI=1S/C21H20F3N3O5S/c1-31-7-8-32-17-11-25-15-5-4-13(10-16(15)27-17)21(28)18-19(23)12(9-14(22)20(18)24)3-2-6-26-33(29)30/h4-5,9-11,26H,2-3,6-8H2,1H3,(H,29,30). The average molecular weight is 483 g/mol. The molecule has 0 amide bonds. The van der Waals surface area contributed by atoms with Gasteiger partial charge in [0.2, 0.25) is 17.1 Å². The van der Waals surface area contributed by atoms with Gasteiger partial charge < -0.3 is 9.47 Å². The normalized spacial score (nSPS) is 12.2. The van der Waals surface area contributed by atoms with E-state index in [4.69, 9.17) is 14.0 Å². The molecular weight excluding hydrogens is 463 g/mol. The number of nitrogens with one attached hydrogen (secondary N) is 1. The number of methoxy groups -OCH3 is 1. The molecule has 1 heterocycles. The Morgan fingerprint density at radius 2 is 1.94 bits per heavy atom. The van der Waals surface area contributed by atoms with E-state index in [1.807, 2.05) is 0 Å². The lowest BCUT2D eigenvalue weighted by atomic mass is 9.97. The molecule has 12 heteroatoms. The number of ketones is 1. The highest BCUT2D eigenvalue weighted by atomic mass is 32.2. The summed E-state index contributed by atoms with van der Waals surface area (Å²) in [6, 6.07) is 4.73. The van der Waals surface area contributed by atoms with Crippen LogP contribution < -0.4 is 9.46 Å². The third kappa shape index (κ3) is 6.11. The zero-order valence-corrected chi connectivity index (χ0v) is 18.3. The maximum atomic E-state index is 15.0. The van der Waals surface area contributed by atoms with Gasteiger partial charge in [-0.15, -0.1) is 0 Å². The number of fused-ring (bicyclic) bond motifs is 1. The van der Waals surface area contributed by atoms with Gasteiger partial charge in [-0.05, 0) is 42.7 Å². The highest BCUT2D eigenvalue weighted by molar-refractivity contribution is 7.77. The van der Waals surface area contributed by atoms with Crippen molar-refractivity contribution in [3.63, 3.8) is 0 Å². The molecule has 0 radical (unpaired) electrons. The molecule has 0 aliphatic carbocycles. The first-order chi connectivity index (χ1) is 15.8. The SMILES string of the molecule is COCCOc1cnc2ccc(C(=O)c3c(F)c(F)cc(CCCNS(=O)O)c3F)cc2n1. The molecule has 0 bridgehead atoms. The molecule has 0 aliphatic rings. The smallest absolute Gasteiger partial charge is 0.232 e. The highest BCUT2D eigenvalue weighted by Crippen LogP contribution is 2.25. The second kappa shape index (κ2) is 11.3. The van der Waals surface area contributed by atoms with Gasteiger partial charge in [-0.2, -0.15) is 0 Å². The minimum atomic E-state index is -2.25. The van der Waals surface area contributed by atoms with Crippen LogP contribution in [0.3, 0.4) is 0 Å². The van der Waals surface area contributed by atoms with Crippen molar-refractivity contribution >= 4 is 28.1 Å². The predicted molar refractivity (Wildman–Crippen MR) is 114 cm³/mol. The van der Waals surface area contributed by atoms with E-state index in [1.165, 1.54) is 31.5 Å². The molecule has 33 heavy (non-hydrogen) atoms. The van der Waals surface area contributed by atoms with Crippen molar-refractivity contribution in [3.05, 3.63) is 64.6 Å². The molecule has 176 valence electrons. The zero-order valence-electron chi connectivity index (χ0n) is 17.4. The lowest BCUT2D eigenvalue weighted by Gasteiger charge is -2.11. The van der Waals surface area contributed by atoms with Crippen molar-refractivity contribution in [2.75, 3.05) is 26.9 Å². The van der Waals surface area contributed by atoms with Crippen LogP contribution in [0.4, 0.5) is 13.2 Å². The van der Waals surface area contributed by atoms with Crippen molar-refractivity contribution in [1.29, 1.82) is 0 Å². The molecule has 1 aromatic heterocycles. The van der Waals surface area contributed by atoms with Gasteiger partial charge in [0.05, 0.1) is 29.4 Å². The Balaban J connectivity index is 1.90. The predicted octanol–water partition coefficient (Wildman–Crippen LogP) is 2.96. The van der Waals surface area contributed by atoms with Gasteiger partial charge in [0.25, 0.3) is 0 Å². The number of aryl methyl sites for hydroxylation is 1. The van der Waals surface area contributed by atoms with Crippen molar-refractivity contribution in [2.24, 2.45) is 0 Å². The van der Waals surface area contributed by atoms with E-state index in [1.54, 1.807) is 0 Å². The van der Waals surface area contributed by atoms with Crippen molar-refractivity contribution in [1.82, 2.24) is 14.7 Å². The second-order valence-electron chi connectivity index (χ2n) is 6.85. The van der Waals surface area contributed by atoms with E-state index in [-0.39, 0.29) is 48.5 Å². The van der Waals surface area contributed by atoms with Gasteiger partial charge in [-0.1, -0.05) is 0 Å². The fraction of sp³-hybridized carbons (Fsp3) is 0.286. The van der Waals surface area contributed by atoms with E-state index in [2.05, 4.69) is 14.7 Å². The van der Waals surface area contributed by atoms with E-state index in [0.29, 0.717) is 18.2 Å². The number of ether oxygens (including phenoxy) is 2. The zero-order chi connectivity index (χ0) is 24.0. The van der Waals surface area contributed by atoms with Crippen LogP contribution in [-0.4, -0.2) is 51.4 Å². The molecule has 0 spiro atoms. The third-order valence-electron chi connectivity index (χ3n) is 4.63. The van der Waals surface area contributed by atoms with Crippen LogP contribution in [0.5, 0.6) is 5.88 Å². The monoisotopic (exact) mass is 483 g/mol. The summed E-state index contributed by atoms with van der Waals surface area (Å²) in [7, 11) is 1.51. The first-order valence-electron chi connectivity index (χ1n) is 9.75. The average Bonchev–Trinajstić information content (AvgIpc) is 2.79. The van der Waals surface area contributed by atoms with Gasteiger partial charge in [-0.3, -0.25) is 9.35 Å². The minimum Gasteiger partial charge on any atom is -0.474 e. The number of benzene rings is 2. The van der Waals surface area contributed by atoms with Gasteiger partial charge in [0.15, 0.2) is 17.4 Å². The summed E-state index contributed by atoms with van der Waals surface area (Å²) in [6.45, 7) is 0.580. The number of halogens is 3. The number of rotatable bonds is 11. The number of hydrogen-bond acceptors (Lipinski definition) is 6. The number of carbonyl (C=O) groups excluding carboxylic acids is 1. The summed E-state index contributed by atoms with van der Waals surface area (Å²) in [5.41, 5.74) is -0.699. The van der Waals surface area contributed by atoms with Gasteiger partial charge in [0, 0.05) is 19.2 Å². The fourth-order valence-electron chi connectivity index (χ4n) is 3.05. The quantitative estimate of drug-likeness (QED) is 0.187. The topological polar surface area (TPSA) is 111 Å². The second-order valence-corrected chi connectivity index (χ2v) is 7.64. The number of hydrogen-bond donors (Lipinski definition) is 2. The summed E-state index contributed by atoms with van der Waals surface area (Å²) in [5.74, 6) is -5.05. The first kappa shape index (κ1) is 24.7. The number of carbonyl (C=O) groups is 1. The Hall–Kier alpha value is -2.93. The van der Waals surface area contributed by atoms with Crippen LogP contribution in [0.2, 0.25) is 0 Å². The summed E-state index contributed by atoms with van der Waals surface area (Å²) in [4.78, 5) is 21.3. The van der Waals surface area contributed by atoms with Crippen LogP contribution in [-0.2, 0) is 22.4 Å². The van der Waals surface area contributed by atoms with Crippen LogP contribution in [0.15, 0.2) is 30.5 Å². The van der Waals surface area contributed by atoms with Gasteiger partial charge in [0.1, 0.15) is 12.4 Å². The number of nitrogens with zero attached hydrogens (tertiary/aromatic N) is 2. The summed E-state index contributed by atoms with van der Waals surface area (Å²) < 4.78 is 75.3. The van der Waals surface area contributed by atoms with Gasteiger partial charge >= 0.3 is 0 Å². The molecule has 3 rings (SSSR count). The van der Waals surface area contributed by atoms with Crippen molar-refractivity contribution < 1.29 is 36.2 Å². The third-order valence-corrected chi connectivity index (χ3v) is 5.08. The molecule has 1 atom stereocenters. The maximum absolute atomic E-state index is 15.0. The lowest BCUT2D eigenvalue weighted by molar-refractivity contribution is 0.102. The Bertz CT molecular complexity index is 1200. The summed E-state index contributed by atoms with van der Waals surface area (Å²) in [5, 5.41) is 0. The molecule has 0 fully saturated rings. The Morgan fingerprint density at radius 3 is 2.67 bits per heavy atom. The molecular formula is C21H20F3N3O5S. The van der Waals surface area contributed by atoms with Crippen molar-refractivity contribution in [2.45, 2.75) is 12.8 Å². The maximum Gasteiger partial charge on any atom is 0.232 e. The van der Waals surface area contributed by atoms with E-state index in [9.17, 15) is 22.2 Å². The Morgan fingerprint density at radius 1 is 1.15 bits per heavy atom. The van der Waals surface area contributed by atoms with Crippen LogP contribution in [0, 0.1) is 17.5 Å². The van der Waals surface area contributed by atoms with E-state index >= 15 is 0 Å². The summed E-state index contributed by atoms with van der Waals surface area (Å²) >= 11 is -2.25. The van der Waals surface area contributed by atoms with E-state index < -0.39 is 40.1 Å². The largest absolute Gasteiger partial charge is 0.474 e. The molecule has 0 saturated carbocycles. The first-order valence-corrected chi connectivity index (χ1v) is 10.9. The van der Waals surface area contributed by atoms with Crippen LogP contribution in [0.25, 0.3) is 11.0 Å². The lowest BCUT2D eigenvalue weighted by Crippen LogP contribution is -2.18. The molecule has 2 aromatic carbocycles. The molecule has 8 nitrogen and oxygen atoms in total. The van der Waals surface area contributed by atoms with E-state index in [0.717, 1.165) is 0 Å². The number of aromatic nitrogens is 2. The molecule has 0 aliphatic heterocycles. The minimum absolute atomic E-state index is 0.0307. The fourth-order valence-corrected chi connectivity index (χ4v) is 3.37. The highest BCUT2D eigenvalue weighted by Gasteiger charge is 2.25. The van der Waals surface area contributed by atoms with Gasteiger partial charge in [-0.25, -0.2) is 32.1 Å². The molecule has 2 N–H and O–H groups in total. The Labute approximate surface area is 189 Å². The molecule has 1 unspecified atom stereocenters. The van der Waals surface area contributed by atoms with Crippen molar-refractivity contribution in [3.8, 4) is 5.88 Å². The molecule has 0 saturated heterocycles. The Kier molecular flexibility index (Phi) is 8.44.